The molecule has 9 heavy (non-hydrogen) atoms. The summed E-state index contributed by atoms with van der Waals surface area (Å²) in [4.78, 5) is 0. The monoisotopic (exact) mass is 156 g/mol. The Bertz CT molecular complexity index is 89.1. The Morgan fingerprint density at radius 1 is 1.44 bits per heavy atom. The first-order valence-corrected chi connectivity index (χ1v) is 5.86. The van der Waals surface area contributed by atoms with E-state index in [9.17, 15) is 0 Å². The van der Waals surface area contributed by atoms with Gasteiger partial charge in [-0.05, 0) is 0 Å². The smallest absolute Gasteiger partial charge is 0.411 e. The van der Waals surface area contributed by atoms with Gasteiger partial charge in [-0.1, -0.05) is 36.9 Å². The van der Waals surface area contributed by atoms with E-state index in [0.717, 1.165) is 16.6 Å². The van der Waals surface area contributed by atoms with E-state index >= 15 is 0 Å². The van der Waals surface area contributed by atoms with Crippen LogP contribution >= 0.6 is 0 Å². The fourth-order valence-electron chi connectivity index (χ4n) is 1.72. The van der Waals surface area contributed by atoms with Crippen molar-refractivity contribution in [2.75, 3.05) is 0 Å². The lowest BCUT2D eigenvalue weighted by Gasteiger charge is -2.19. The van der Waals surface area contributed by atoms with E-state index in [1.807, 2.05) is 0 Å². The number of hydrogen-bond acceptors (Lipinski definition) is 1. The zero-order valence-corrected chi connectivity index (χ0v) is 9.86. The fraction of sp³-hybridized carbons (Fsp3) is 1.00. The lowest BCUT2D eigenvalue weighted by atomic mass is 10.1. The summed E-state index contributed by atoms with van der Waals surface area (Å²) in [5.41, 5.74) is 0. The molecule has 0 radical (unpaired) electrons. The van der Waals surface area contributed by atoms with Crippen LogP contribution in [0.3, 0.4) is 0 Å². The molecule has 0 saturated heterocycles. The van der Waals surface area contributed by atoms with Crippen LogP contribution in [-0.4, -0.2) is 32.2 Å². The summed E-state index contributed by atoms with van der Waals surface area (Å²) < 4.78 is 6.10. The molecule has 1 saturated carbocycles. The van der Waals surface area contributed by atoms with Gasteiger partial charge in [-0.2, -0.15) is 0 Å². The van der Waals surface area contributed by atoms with E-state index in [1.165, 1.54) is 25.7 Å². The highest BCUT2D eigenvalue weighted by Crippen LogP contribution is 2.43. The zero-order valence-electron chi connectivity index (χ0n) is 6.44. The van der Waals surface area contributed by atoms with E-state index in [1.54, 1.807) is 0 Å². The van der Waals surface area contributed by atoms with Crippen LogP contribution in [0.15, 0.2) is 0 Å². The van der Waals surface area contributed by atoms with Gasteiger partial charge in [-0.15, -0.1) is 0 Å². The van der Waals surface area contributed by atoms with Gasteiger partial charge in [0.05, 0.1) is 0 Å². The van der Waals surface area contributed by atoms with Crippen LogP contribution in [0.1, 0.15) is 32.6 Å². The SMILES string of the molecule is C[C]1([AlH][O][AlH2])CCCC1. The highest BCUT2D eigenvalue weighted by Gasteiger charge is 2.30. The summed E-state index contributed by atoms with van der Waals surface area (Å²) in [6, 6.07) is 0. The summed E-state index contributed by atoms with van der Waals surface area (Å²) in [6.45, 7) is 2.41. The van der Waals surface area contributed by atoms with Gasteiger partial charge in [-0.3, -0.25) is 0 Å². The van der Waals surface area contributed by atoms with Gasteiger partial charge in [0.1, 0.15) is 0 Å². The quantitative estimate of drug-likeness (QED) is 0.533. The second-order valence-electron chi connectivity index (χ2n) is 3.45. The van der Waals surface area contributed by atoms with E-state index in [0.29, 0.717) is 4.28 Å². The van der Waals surface area contributed by atoms with Crippen LogP contribution in [0, 0.1) is 0 Å². The molecule has 3 heteroatoms. The predicted octanol–water partition coefficient (Wildman–Crippen LogP) is 0.655. The highest BCUT2D eigenvalue weighted by atomic mass is 27.2. The van der Waals surface area contributed by atoms with E-state index in [2.05, 4.69) is 6.92 Å². The van der Waals surface area contributed by atoms with E-state index in [-0.39, 0.29) is 15.6 Å². The highest BCUT2D eigenvalue weighted by molar-refractivity contribution is 6.38. The minimum atomic E-state index is -0.137. The van der Waals surface area contributed by atoms with E-state index < -0.39 is 0 Å². The molecule has 0 aliphatic heterocycles. The molecule has 0 N–H and O–H groups in total. The summed E-state index contributed by atoms with van der Waals surface area (Å²) in [7, 11) is 0. The topological polar surface area (TPSA) is 9.23 Å². The van der Waals surface area contributed by atoms with Crippen LogP contribution in [0.25, 0.3) is 0 Å². The fourth-order valence-corrected chi connectivity index (χ4v) is 5.30. The average Bonchev–Trinajstić information content (AvgIpc) is 2.16. The maximum atomic E-state index is 5.41. The Labute approximate surface area is 72.0 Å². The van der Waals surface area contributed by atoms with Crippen molar-refractivity contribution in [1.29, 1.82) is 0 Å². The maximum Gasteiger partial charge on any atom is 0.411 e. The van der Waals surface area contributed by atoms with Crippen LogP contribution in [0.4, 0.5) is 0 Å². The van der Waals surface area contributed by atoms with Gasteiger partial charge < -0.3 is 2.84 Å². The molecular weight excluding hydrogens is 142 g/mol. The largest absolute Gasteiger partial charge is 0.644 e. The third-order valence-corrected chi connectivity index (χ3v) is 4.86. The lowest BCUT2D eigenvalue weighted by Crippen LogP contribution is -2.14. The lowest BCUT2D eigenvalue weighted by molar-refractivity contribution is 0.539. The number of rotatable bonds is 2. The van der Waals surface area contributed by atoms with Gasteiger partial charge in [0.15, 0.2) is 0 Å². The molecule has 1 nitrogen and oxygen atoms in total. The van der Waals surface area contributed by atoms with Crippen LogP contribution in [-0.2, 0) is 2.84 Å². The van der Waals surface area contributed by atoms with E-state index in [4.69, 9.17) is 2.84 Å². The molecule has 0 amide bonds. The van der Waals surface area contributed by atoms with Gasteiger partial charge in [-0.25, -0.2) is 0 Å². The molecule has 1 aliphatic rings. The first kappa shape index (κ1) is 8.12. The molecule has 1 aliphatic carbocycles. The number of hydrogen-bond donors (Lipinski definition) is 0. The Morgan fingerprint density at radius 2 is 2.00 bits per heavy atom. The molecule has 0 heterocycles. The molecular formula is C6H14Al2O. The molecule has 0 spiro atoms. The van der Waals surface area contributed by atoms with Gasteiger partial charge in [0.25, 0.3) is 0 Å². The second kappa shape index (κ2) is 3.43. The maximum absolute atomic E-state index is 5.41. The molecule has 0 aromatic carbocycles. The zero-order chi connectivity index (χ0) is 6.74. The molecule has 1 rings (SSSR count). The average molecular weight is 156 g/mol. The third kappa shape index (κ3) is 2.26. The Balaban J connectivity index is 2.32. The Morgan fingerprint density at radius 3 is 2.44 bits per heavy atom. The van der Waals surface area contributed by atoms with Crippen LogP contribution < -0.4 is 0 Å². The Hall–Kier alpha value is 1.02. The first-order chi connectivity index (χ1) is 4.27. The third-order valence-electron chi connectivity index (χ3n) is 2.30. The summed E-state index contributed by atoms with van der Waals surface area (Å²) in [6.07, 6.45) is 5.80. The standard InChI is InChI=1S/C6H11.2Al.O.3H/c1-6-4-2-3-5-6;;;;;;/h2-5H2,1H3;;;;;;. The van der Waals surface area contributed by atoms with Crippen molar-refractivity contribution in [2.24, 2.45) is 0 Å². The first-order valence-electron chi connectivity index (χ1n) is 3.76. The molecule has 0 aromatic heterocycles. The summed E-state index contributed by atoms with van der Waals surface area (Å²) in [5, 5.41) is 0. The van der Waals surface area contributed by atoms with Crippen LogP contribution in [0.2, 0.25) is 4.28 Å². The normalized spacial score (nSPS) is 24.1. The van der Waals surface area contributed by atoms with Crippen molar-refractivity contribution >= 4 is 32.2 Å². The van der Waals surface area contributed by atoms with Crippen molar-refractivity contribution in [2.45, 2.75) is 36.9 Å². The molecule has 1 fully saturated rings. The molecule has 0 atom stereocenters. The molecule has 0 aromatic rings. The molecule has 50 valence electrons. The van der Waals surface area contributed by atoms with Crippen molar-refractivity contribution in [3.05, 3.63) is 0 Å². The van der Waals surface area contributed by atoms with Crippen molar-refractivity contribution in [3.8, 4) is 0 Å². The minimum absolute atomic E-state index is 0.137. The Kier molecular flexibility index (Phi) is 3.09. The molecule has 0 bridgehead atoms. The summed E-state index contributed by atoms with van der Waals surface area (Å²) in [5.74, 6) is 0. The molecule has 0 unspecified atom stereocenters. The van der Waals surface area contributed by atoms with Crippen molar-refractivity contribution in [3.63, 3.8) is 0 Å². The predicted molar refractivity (Wildman–Crippen MR) is 43.6 cm³/mol. The van der Waals surface area contributed by atoms with Gasteiger partial charge in [0.2, 0.25) is 0 Å². The van der Waals surface area contributed by atoms with Crippen molar-refractivity contribution < 1.29 is 2.84 Å². The van der Waals surface area contributed by atoms with Crippen molar-refractivity contribution in [1.82, 2.24) is 0 Å². The minimum Gasteiger partial charge on any atom is -0.644 e. The van der Waals surface area contributed by atoms with Gasteiger partial charge in [0, 0.05) is 0 Å². The van der Waals surface area contributed by atoms with Gasteiger partial charge >= 0.3 is 32.2 Å². The second-order valence-corrected chi connectivity index (χ2v) is 7.76. The van der Waals surface area contributed by atoms with Crippen LogP contribution in [0.5, 0.6) is 0 Å². The summed E-state index contributed by atoms with van der Waals surface area (Å²) >= 11 is 0.832.